The number of halogens is 1. The van der Waals surface area contributed by atoms with Crippen LogP contribution in [0.1, 0.15) is 11.4 Å². The van der Waals surface area contributed by atoms with Crippen molar-refractivity contribution >= 4 is 15.9 Å². The zero-order chi connectivity index (χ0) is 6.85. The fraction of sp³-hybridized carbons (Fsp3) is 0.600. The molecule has 1 aromatic heterocycles. The highest BCUT2D eigenvalue weighted by Gasteiger charge is 2.00. The van der Waals surface area contributed by atoms with Gasteiger partial charge in [-0.25, -0.2) is 0 Å². The van der Waals surface area contributed by atoms with Gasteiger partial charge >= 0.3 is 0 Å². The molecular weight excluding hydrogens is 182 g/mol. The van der Waals surface area contributed by atoms with Crippen LogP contribution in [0.2, 0.25) is 0 Å². The maximum atomic E-state index is 4.09. The Kier molecular flexibility index (Phi) is 1.85. The third-order valence-corrected chi connectivity index (χ3v) is 1.64. The van der Waals surface area contributed by atoms with Crippen molar-refractivity contribution < 1.29 is 0 Å². The van der Waals surface area contributed by atoms with E-state index in [-0.39, 0.29) is 0 Å². The van der Waals surface area contributed by atoms with Crippen molar-refractivity contribution in [3.05, 3.63) is 11.4 Å². The van der Waals surface area contributed by atoms with Gasteiger partial charge in [0.15, 0.2) is 0 Å². The molecule has 0 atom stereocenters. The van der Waals surface area contributed by atoms with Crippen LogP contribution in [0, 0.1) is 6.92 Å². The molecule has 1 heterocycles. The Bertz CT molecular complexity index is 206. The van der Waals surface area contributed by atoms with Gasteiger partial charge in [0.05, 0.1) is 11.4 Å². The van der Waals surface area contributed by atoms with Crippen molar-refractivity contribution in [3.8, 4) is 0 Å². The Balaban J connectivity index is 3.01. The summed E-state index contributed by atoms with van der Waals surface area (Å²) in [5.41, 5.74) is 2.01. The number of aryl methyl sites for hydroxylation is 2. The van der Waals surface area contributed by atoms with Crippen LogP contribution < -0.4 is 0 Å². The van der Waals surface area contributed by atoms with Gasteiger partial charge in [-0.1, -0.05) is 15.9 Å². The smallest absolute Gasteiger partial charge is 0.0961 e. The molecule has 0 saturated carbocycles. The minimum absolute atomic E-state index is 0.784. The molecule has 0 saturated heterocycles. The average Bonchev–Trinajstić information content (AvgIpc) is 2.10. The second kappa shape index (κ2) is 2.47. The predicted octanol–water partition coefficient (Wildman–Crippen LogP) is 1.02. The van der Waals surface area contributed by atoms with Gasteiger partial charge in [0.2, 0.25) is 0 Å². The Labute approximate surface area is 62.2 Å². The van der Waals surface area contributed by atoms with E-state index in [1.807, 2.05) is 14.0 Å². The van der Waals surface area contributed by atoms with Crippen LogP contribution in [0.3, 0.4) is 0 Å². The van der Waals surface area contributed by atoms with E-state index in [4.69, 9.17) is 0 Å². The summed E-state index contributed by atoms with van der Waals surface area (Å²) in [6, 6.07) is 0. The quantitative estimate of drug-likeness (QED) is 0.619. The zero-order valence-electron chi connectivity index (χ0n) is 5.43. The van der Waals surface area contributed by atoms with E-state index in [1.54, 1.807) is 4.80 Å². The van der Waals surface area contributed by atoms with Crippen LogP contribution in [0.5, 0.6) is 0 Å². The molecule has 0 bridgehead atoms. The Morgan fingerprint density at radius 2 is 2.22 bits per heavy atom. The molecule has 0 fully saturated rings. The molecule has 0 aliphatic carbocycles. The monoisotopic (exact) mass is 189 g/mol. The maximum absolute atomic E-state index is 4.09. The summed E-state index contributed by atoms with van der Waals surface area (Å²) in [7, 11) is 1.82. The molecule has 0 unspecified atom stereocenters. The van der Waals surface area contributed by atoms with Crippen molar-refractivity contribution in [2.75, 3.05) is 0 Å². The predicted molar refractivity (Wildman–Crippen MR) is 38.4 cm³/mol. The Hall–Kier alpha value is -0.380. The Morgan fingerprint density at radius 3 is 2.44 bits per heavy atom. The van der Waals surface area contributed by atoms with Crippen LogP contribution in [0.15, 0.2) is 0 Å². The second-order valence-corrected chi connectivity index (χ2v) is 2.42. The molecule has 3 nitrogen and oxygen atoms in total. The molecule has 0 aliphatic rings. The summed E-state index contributed by atoms with van der Waals surface area (Å²) in [5.74, 6) is 0. The topological polar surface area (TPSA) is 30.7 Å². The molecule has 4 heteroatoms. The van der Waals surface area contributed by atoms with Crippen molar-refractivity contribution in [1.29, 1.82) is 0 Å². The van der Waals surface area contributed by atoms with E-state index in [0.717, 1.165) is 16.7 Å². The van der Waals surface area contributed by atoms with Crippen molar-refractivity contribution in [2.24, 2.45) is 7.05 Å². The van der Waals surface area contributed by atoms with Gasteiger partial charge in [-0.15, -0.1) is 0 Å². The molecule has 0 N–H and O–H groups in total. The van der Waals surface area contributed by atoms with Crippen LogP contribution in [0.4, 0.5) is 0 Å². The van der Waals surface area contributed by atoms with Crippen LogP contribution in [0.25, 0.3) is 0 Å². The minimum Gasteiger partial charge on any atom is -0.188 e. The summed E-state index contributed by atoms with van der Waals surface area (Å²) in [4.78, 5) is 1.58. The minimum atomic E-state index is 0.784. The number of alkyl halides is 1. The normalized spacial score (nSPS) is 10.1. The van der Waals surface area contributed by atoms with Gasteiger partial charge in [-0.2, -0.15) is 15.0 Å². The highest BCUT2D eigenvalue weighted by Crippen LogP contribution is 2.03. The lowest BCUT2D eigenvalue weighted by molar-refractivity contribution is 0.645. The molecular formula is C5H8BrN3. The molecule has 9 heavy (non-hydrogen) atoms. The SMILES string of the molecule is Cc1nn(C)nc1CBr. The molecule has 0 radical (unpaired) electrons. The number of hydrogen-bond donors (Lipinski definition) is 0. The van der Waals surface area contributed by atoms with Gasteiger partial charge in [-0.05, 0) is 6.92 Å². The van der Waals surface area contributed by atoms with Gasteiger partial charge in [0, 0.05) is 12.4 Å². The van der Waals surface area contributed by atoms with E-state index in [0.29, 0.717) is 0 Å². The first-order valence-corrected chi connectivity index (χ1v) is 3.79. The summed E-state index contributed by atoms with van der Waals surface area (Å²) in [6.07, 6.45) is 0. The largest absolute Gasteiger partial charge is 0.188 e. The van der Waals surface area contributed by atoms with E-state index < -0.39 is 0 Å². The third-order valence-electron chi connectivity index (χ3n) is 1.10. The lowest BCUT2D eigenvalue weighted by Gasteiger charge is -1.81. The van der Waals surface area contributed by atoms with E-state index in [2.05, 4.69) is 26.1 Å². The molecule has 0 aliphatic heterocycles. The molecule has 0 aromatic carbocycles. The van der Waals surface area contributed by atoms with E-state index in [1.165, 1.54) is 0 Å². The summed E-state index contributed by atoms with van der Waals surface area (Å²) in [6.45, 7) is 1.95. The fourth-order valence-electron chi connectivity index (χ4n) is 0.668. The standard InChI is InChI=1S/C5H8BrN3/c1-4-5(3-6)8-9(2)7-4/h3H2,1-2H3. The molecule has 0 amide bonds. The van der Waals surface area contributed by atoms with Gasteiger partial charge in [0.25, 0.3) is 0 Å². The third kappa shape index (κ3) is 1.30. The first-order valence-electron chi connectivity index (χ1n) is 2.67. The van der Waals surface area contributed by atoms with Crippen LogP contribution >= 0.6 is 15.9 Å². The zero-order valence-corrected chi connectivity index (χ0v) is 7.01. The summed E-state index contributed by atoms with van der Waals surface area (Å²) >= 11 is 3.31. The number of aromatic nitrogens is 3. The molecule has 50 valence electrons. The summed E-state index contributed by atoms with van der Waals surface area (Å²) in [5, 5.41) is 8.93. The first-order chi connectivity index (χ1) is 4.24. The van der Waals surface area contributed by atoms with Gasteiger partial charge < -0.3 is 0 Å². The molecule has 1 aromatic rings. The maximum Gasteiger partial charge on any atom is 0.0961 e. The fourth-order valence-corrected chi connectivity index (χ4v) is 1.19. The lowest BCUT2D eigenvalue weighted by Crippen LogP contribution is -1.92. The number of hydrogen-bond acceptors (Lipinski definition) is 2. The van der Waals surface area contributed by atoms with Gasteiger partial charge in [-0.3, -0.25) is 0 Å². The highest BCUT2D eigenvalue weighted by molar-refractivity contribution is 9.08. The Morgan fingerprint density at radius 1 is 1.56 bits per heavy atom. The second-order valence-electron chi connectivity index (χ2n) is 1.86. The molecule has 1 rings (SSSR count). The van der Waals surface area contributed by atoms with Crippen molar-refractivity contribution in [3.63, 3.8) is 0 Å². The highest BCUT2D eigenvalue weighted by atomic mass is 79.9. The van der Waals surface area contributed by atoms with Crippen molar-refractivity contribution in [1.82, 2.24) is 15.0 Å². The number of rotatable bonds is 1. The lowest BCUT2D eigenvalue weighted by atomic mass is 10.4. The van der Waals surface area contributed by atoms with E-state index in [9.17, 15) is 0 Å². The van der Waals surface area contributed by atoms with Gasteiger partial charge in [0.1, 0.15) is 0 Å². The van der Waals surface area contributed by atoms with Crippen molar-refractivity contribution in [2.45, 2.75) is 12.3 Å². The first kappa shape index (κ1) is 6.74. The van der Waals surface area contributed by atoms with E-state index >= 15 is 0 Å². The molecule has 0 spiro atoms. The average molecular weight is 190 g/mol. The van der Waals surface area contributed by atoms with Crippen LogP contribution in [-0.4, -0.2) is 15.0 Å². The van der Waals surface area contributed by atoms with Crippen LogP contribution in [-0.2, 0) is 12.4 Å². The number of nitrogens with zero attached hydrogens (tertiary/aromatic N) is 3. The summed E-state index contributed by atoms with van der Waals surface area (Å²) < 4.78 is 0.